The maximum absolute atomic E-state index is 11.6. The summed E-state index contributed by atoms with van der Waals surface area (Å²) >= 11 is 0. The summed E-state index contributed by atoms with van der Waals surface area (Å²) in [6, 6.07) is 2.90. The van der Waals surface area contributed by atoms with E-state index in [2.05, 4.69) is 20.7 Å². The maximum Gasteiger partial charge on any atom is 0.277 e. The largest absolute Gasteiger partial charge is 0.319 e. The first-order valence-corrected chi connectivity index (χ1v) is 4.50. The van der Waals surface area contributed by atoms with E-state index in [0.29, 0.717) is 5.69 Å². The van der Waals surface area contributed by atoms with E-state index in [1.165, 1.54) is 29.1 Å². The number of nitrogens with zero attached hydrogens (tertiary/aromatic N) is 3. The van der Waals surface area contributed by atoms with Crippen LogP contribution in [-0.4, -0.2) is 25.9 Å². The fourth-order valence-electron chi connectivity index (χ4n) is 1.17. The second-order valence-corrected chi connectivity index (χ2v) is 3.18. The van der Waals surface area contributed by atoms with E-state index in [1.54, 1.807) is 7.05 Å². The van der Waals surface area contributed by atoms with Crippen molar-refractivity contribution in [2.75, 3.05) is 5.32 Å². The molecular formula is C9H9N5O2. The lowest BCUT2D eigenvalue weighted by Gasteiger charge is -2.04. The Kier molecular flexibility index (Phi) is 2.50. The molecule has 16 heavy (non-hydrogen) atoms. The summed E-state index contributed by atoms with van der Waals surface area (Å²) in [6.45, 7) is 0. The van der Waals surface area contributed by atoms with Crippen LogP contribution in [-0.2, 0) is 7.05 Å². The van der Waals surface area contributed by atoms with Crippen molar-refractivity contribution in [3.05, 3.63) is 40.6 Å². The molecule has 0 radical (unpaired) electrons. The van der Waals surface area contributed by atoms with Crippen molar-refractivity contribution in [3.63, 3.8) is 0 Å². The monoisotopic (exact) mass is 219 g/mol. The van der Waals surface area contributed by atoms with Crippen LogP contribution >= 0.6 is 0 Å². The van der Waals surface area contributed by atoms with Crippen molar-refractivity contribution in [1.82, 2.24) is 20.0 Å². The predicted molar refractivity (Wildman–Crippen MR) is 56.0 cm³/mol. The number of hydrogen-bond donors (Lipinski definition) is 2. The smallest absolute Gasteiger partial charge is 0.277 e. The molecule has 0 aliphatic rings. The maximum atomic E-state index is 11.6. The molecule has 0 aliphatic heterocycles. The number of rotatable bonds is 2. The number of amides is 1. The van der Waals surface area contributed by atoms with Crippen molar-refractivity contribution in [2.45, 2.75) is 0 Å². The molecule has 0 fully saturated rings. The summed E-state index contributed by atoms with van der Waals surface area (Å²) in [5.41, 5.74) is 0.573. The van der Waals surface area contributed by atoms with Crippen molar-refractivity contribution in [2.24, 2.45) is 7.05 Å². The molecule has 0 bridgehead atoms. The third kappa shape index (κ3) is 1.97. The fourth-order valence-corrected chi connectivity index (χ4v) is 1.17. The third-order valence-electron chi connectivity index (χ3n) is 1.99. The van der Waals surface area contributed by atoms with Gasteiger partial charge in [-0.2, -0.15) is 15.4 Å². The van der Waals surface area contributed by atoms with Crippen LogP contribution in [0.4, 0.5) is 5.69 Å². The number of carbonyl (C=O) groups excluding carboxylic acids is 1. The average Bonchev–Trinajstić information content (AvgIpc) is 2.77. The normalized spacial score (nSPS) is 10.1. The van der Waals surface area contributed by atoms with Crippen LogP contribution in [0.2, 0.25) is 0 Å². The van der Waals surface area contributed by atoms with Crippen LogP contribution in [0.5, 0.6) is 0 Å². The SMILES string of the molecule is Cn1cc(NC(=O)c2cn[nH]n2)ccc1=O. The van der Waals surface area contributed by atoms with Crippen LogP contribution in [0, 0.1) is 0 Å². The molecule has 0 atom stereocenters. The van der Waals surface area contributed by atoms with Gasteiger partial charge in [0.1, 0.15) is 0 Å². The number of carbonyl (C=O) groups is 1. The van der Waals surface area contributed by atoms with Crippen molar-refractivity contribution in [3.8, 4) is 0 Å². The van der Waals surface area contributed by atoms with E-state index in [-0.39, 0.29) is 17.2 Å². The molecule has 2 heterocycles. The van der Waals surface area contributed by atoms with Gasteiger partial charge in [-0.25, -0.2) is 0 Å². The molecule has 0 spiro atoms. The minimum absolute atomic E-state index is 0.139. The highest BCUT2D eigenvalue weighted by molar-refractivity contribution is 6.02. The number of hydrogen-bond acceptors (Lipinski definition) is 4. The Morgan fingerprint density at radius 3 is 2.94 bits per heavy atom. The molecule has 7 heteroatoms. The predicted octanol–water partition coefficient (Wildman–Crippen LogP) is -0.244. The standard InChI is InChI=1S/C9H9N5O2/c1-14-5-6(2-3-8(14)15)11-9(16)7-4-10-13-12-7/h2-5H,1H3,(H,11,16)(H,10,12,13). The highest BCUT2D eigenvalue weighted by Crippen LogP contribution is 2.04. The molecule has 0 aromatic carbocycles. The fraction of sp³-hybridized carbons (Fsp3) is 0.111. The first kappa shape index (κ1) is 10.1. The number of H-pyrrole nitrogens is 1. The van der Waals surface area contributed by atoms with Gasteiger partial charge in [-0.15, -0.1) is 0 Å². The molecule has 0 saturated heterocycles. The van der Waals surface area contributed by atoms with Gasteiger partial charge in [0.15, 0.2) is 5.69 Å². The van der Waals surface area contributed by atoms with Crippen molar-refractivity contribution in [1.29, 1.82) is 0 Å². The third-order valence-corrected chi connectivity index (χ3v) is 1.99. The molecule has 0 saturated carbocycles. The van der Waals surface area contributed by atoms with E-state index in [1.807, 2.05) is 0 Å². The van der Waals surface area contributed by atoms with Gasteiger partial charge in [0, 0.05) is 19.3 Å². The van der Waals surface area contributed by atoms with Gasteiger partial charge in [-0.3, -0.25) is 9.59 Å². The summed E-state index contributed by atoms with van der Waals surface area (Å²) in [5.74, 6) is -0.382. The lowest BCUT2D eigenvalue weighted by Crippen LogP contribution is -2.18. The Morgan fingerprint density at radius 2 is 2.31 bits per heavy atom. The number of nitrogens with one attached hydrogen (secondary N) is 2. The van der Waals surface area contributed by atoms with Crippen LogP contribution in [0.1, 0.15) is 10.5 Å². The number of aromatic nitrogens is 4. The number of pyridine rings is 1. The lowest BCUT2D eigenvalue weighted by molar-refractivity contribution is 0.102. The molecule has 7 nitrogen and oxygen atoms in total. The summed E-state index contributed by atoms with van der Waals surface area (Å²) in [4.78, 5) is 22.7. The average molecular weight is 219 g/mol. The molecule has 1 amide bonds. The topological polar surface area (TPSA) is 92.7 Å². The zero-order valence-corrected chi connectivity index (χ0v) is 8.47. The summed E-state index contributed by atoms with van der Waals surface area (Å²) in [7, 11) is 1.61. The zero-order chi connectivity index (χ0) is 11.5. The second kappa shape index (κ2) is 3.97. The Balaban J connectivity index is 2.18. The second-order valence-electron chi connectivity index (χ2n) is 3.18. The van der Waals surface area contributed by atoms with E-state index < -0.39 is 0 Å². The number of aryl methyl sites for hydroxylation is 1. The molecule has 0 unspecified atom stereocenters. The molecular weight excluding hydrogens is 210 g/mol. The number of anilines is 1. The Labute approximate surface area is 90.1 Å². The number of aromatic amines is 1. The lowest BCUT2D eigenvalue weighted by atomic mass is 10.3. The van der Waals surface area contributed by atoms with Gasteiger partial charge in [-0.05, 0) is 6.07 Å². The summed E-state index contributed by atoms with van der Waals surface area (Å²) < 4.78 is 1.37. The summed E-state index contributed by atoms with van der Waals surface area (Å²) in [5, 5.41) is 12.1. The minimum Gasteiger partial charge on any atom is -0.319 e. The van der Waals surface area contributed by atoms with Crippen LogP contribution in [0.15, 0.2) is 29.3 Å². The molecule has 2 rings (SSSR count). The first-order valence-electron chi connectivity index (χ1n) is 4.50. The van der Waals surface area contributed by atoms with E-state index in [9.17, 15) is 9.59 Å². The molecule has 2 N–H and O–H groups in total. The van der Waals surface area contributed by atoms with Crippen LogP contribution in [0.3, 0.4) is 0 Å². The van der Waals surface area contributed by atoms with Crippen LogP contribution in [0.25, 0.3) is 0 Å². The van der Waals surface area contributed by atoms with E-state index >= 15 is 0 Å². The molecule has 0 aliphatic carbocycles. The van der Waals surface area contributed by atoms with E-state index in [0.717, 1.165) is 0 Å². The highest BCUT2D eigenvalue weighted by atomic mass is 16.2. The van der Waals surface area contributed by atoms with Gasteiger partial charge in [-0.1, -0.05) is 0 Å². The zero-order valence-electron chi connectivity index (χ0n) is 8.47. The van der Waals surface area contributed by atoms with E-state index in [4.69, 9.17) is 0 Å². The molecule has 82 valence electrons. The quantitative estimate of drug-likeness (QED) is 0.728. The molecule has 2 aromatic rings. The highest BCUT2D eigenvalue weighted by Gasteiger charge is 2.08. The Morgan fingerprint density at radius 1 is 1.50 bits per heavy atom. The van der Waals surface area contributed by atoms with Gasteiger partial charge in [0.25, 0.3) is 5.91 Å². The Bertz CT molecular complexity index is 558. The Hall–Kier alpha value is -2.44. The molecule has 2 aromatic heterocycles. The van der Waals surface area contributed by atoms with Gasteiger partial charge in [0.05, 0.1) is 11.9 Å². The van der Waals surface area contributed by atoms with Gasteiger partial charge in [0.2, 0.25) is 5.56 Å². The minimum atomic E-state index is -0.382. The van der Waals surface area contributed by atoms with Gasteiger partial charge >= 0.3 is 0 Å². The van der Waals surface area contributed by atoms with Crippen LogP contribution < -0.4 is 10.9 Å². The van der Waals surface area contributed by atoms with Crippen molar-refractivity contribution < 1.29 is 4.79 Å². The first-order chi connectivity index (χ1) is 7.66. The van der Waals surface area contributed by atoms with Gasteiger partial charge < -0.3 is 9.88 Å². The summed E-state index contributed by atoms with van der Waals surface area (Å²) in [6.07, 6.45) is 2.84. The van der Waals surface area contributed by atoms with Crippen molar-refractivity contribution >= 4 is 11.6 Å².